The molecule has 0 saturated heterocycles. The smallest absolute Gasteiger partial charge is 0.326 e. The zero-order valence-electron chi connectivity index (χ0n) is 16.1. The normalized spacial score (nSPS) is 16.4. The summed E-state index contributed by atoms with van der Waals surface area (Å²) < 4.78 is 0. The molecule has 5 atom stereocenters. The molecule has 12 heteroatoms. The number of carbonyl (C=O) groups excluding carboxylic acids is 3. The lowest BCUT2D eigenvalue weighted by Gasteiger charge is -2.25. The van der Waals surface area contributed by atoms with Gasteiger partial charge in [-0.25, -0.2) is 4.79 Å². The number of hydrogen-bond acceptors (Lipinski definition) is 8. The number of nitrogens with two attached hydrogens (primary N) is 1. The van der Waals surface area contributed by atoms with Crippen LogP contribution in [0.15, 0.2) is 0 Å². The van der Waals surface area contributed by atoms with Crippen LogP contribution < -0.4 is 21.7 Å². The van der Waals surface area contributed by atoms with Crippen molar-refractivity contribution in [3.63, 3.8) is 0 Å². The summed E-state index contributed by atoms with van der Waals surface area (Å²) in [6.45, 7) is 3.98. The fourth-order valence-electron chi connectivity index (χ4n) is 2.17. The first kappa shape index (κ1) is 26.1. The molecule has 0 fully saturated rings. The number of nitrogens with one attached hydrogen (secondary N) is 3. The maximum absolute atomic E-state index is 12.3. The molecule has 8 N–H and O–H groups in total. The molecule has 11 nitrogen and oxygen atoms in total. The number of carbonyl (C=O) groups is 4. The molecule has 0 bridgehead atoms. The highest BCUT2D eigenvalue weighted by atomic mass is 32.1. The van der Waals surface area contributed by atoms with Crippen LogP contribution in [-0.2, 0) is 19.2 Å². The van der Waals surface area contributed by atoms with Gasteiger partial charge >= 0.3 is 5.97 Å². The summed E-state index contributed by atoms with van der Waals surface area (Å²) >= 11 is 3.87. The van der Waals surface area contributed by atoms with Gasteiger partial charge in [0.15, 0.2) is 0 Å². The monoisotopic (exact) mass is 422 g/mol. The van der Waals surface area contributed by atoms with Crippen molar-refractivity contribution < 1.29 is 34.5 Å². The van der Waals surface area contributed by atoms with Gasteiger partial charge in [0.25, 0.3) is 0 Å². The third kappa shape index (κ3) is 8.87. The molecule has 0 radical (unpaired) electrons. The second kappa shape index (κ2) is 12.5. The molecule has 162 valence electrons. The fourth-order valence-corrected chi connectivity index (χ4v) is 2.34. The van der Waals surface area contributed by atoms with Crippen LogP contribution in [0.1, 0.15) is 27.2 Å². The van der Waals surface area contributed by atoms with E-state index in [1.807, 2.05) is 0 Å². The molecule has 0 heterocycles. The minimum Gasteiger partial charge on any atom is -0.480 e. The molecule has 0 aromatic rings. The first-order valence-corrected chi connectivity index (χ1v) is 9.37. The van der Waals surface area contributed by atoms with E-state index in [9.17, 15) is 34.5 Å². The maximum Gasteiger partial charge on any atom is 0.326 e. The van der Waals surface area contributed by atoms with E-state index in [0.29, 0.717) is 0 Å². The molecule has 0 aromatic carbocycles. The van der Waals surface area contributed by atoms with E-state index in [2.05, 4.69) is 28.6 Å². The topological polar surface area (TPSA) is 191 Å². The molecule has 0 saturated carbocycles. The van der Waals surface area contributed by atoms with Crippen molar-refractivity contribution in [1.29, 1.82) is 0 Å². The quantitative estimate of drug-likeness (QED) is 0.155. The van der Waals surface area contributed by atoms with Crippen molar-refractivity contribution in [2.24, 2.45) is 11.7 Å². The highest BCUT2D eigenvalue weighted by Gasteiger charge is 2.32. The van der Waals surface area contributed by atoms with Gasteiger partial charge in [-0.05, 0) is 19.3 Å². The molecule has 0 aromatic heterocycles. The molecule has 0 aliphatic heterocycles. The molecular formula is C16H30N4O7S. The van der Waals surface area contributed by atoms with Crippen molar-refractivity contribution in [2.75, 3.05) is 12.4 Å². The number of aliphatic hydroxyl groups excluding tert-OH is 2. The lowest BCUT2D eigenvalue weighted by atomic mass is 10.0. The number of carboxylic acids is 1. The van der Waals surface area contributed by atoms with Crippen LogP contribution in [0.2, 0.25) is 0 Å². The summed E-state index contributed by atoms with van der Waals surface area (Å²) in [7, 11) is 0. The van der Waals surface area contributed by atoms with Gasteiger partial charge in [-0.15, -0.1) is 0 Å². The molecule has 0 rings (SSSR count). The Balaban J connectivity index is 5.12. The van der Waals surface area contributed by atoms with Crippen LogP contribution in [0, 0.1) is 5.92 Å². The predicted octanol–water partition coefficient (Wildman–Crippen LogP) is -2.80. The third-order valence-electron chi connectivity index (χ3n) is 3.73. The number of aliphatic carboxylic acids is 1. The Kier molecular flexibility index (Phi) is 11.7. The van der Waals surface area contributed by atoms with Crippen LogP contribution in [0.25, 0.3) is 0 Å². The van der Waals surface area contributed by atoms with E-state index >= 15 is 0 Å². The average Bonchev–Trinajstić information content (AvgIpc) is 2.61. The summed E-state index contributed by atoms with van der Waals surface area (Å²) in [5, 5.41) is 35.0. The Labute approximate surface area is 168 Å². The van der Waals surface area contributed by atoms with Crippen molar-refractivity contribution >= 4 is 36.3 Å². The number of carboxylic acid groups (broad SMARTS) is 1. The summed E-state index contributed by atoms with van der Waals surface area (Å²) in [5.74, 6) is -3.85. The van der Waals surface area contributed by atoms with E-state index in [0.717, 1.165) is 0 Å². The van der Waals surface area contributed by atoms with Gasteiger partial charge in [-0.2, -0.15) is 12.6 Å². The lowest BCUT2D eigenvalue weighted by molar-refractivity contribution is -0.143. The molecule has 5 unspecified atom stereocenters. The van der Waals surface area contributed by atoms with E-state index in [-0.39, 0.29) is 18.1 Å². The standard InChI is InChI=1S/C16H30N4O7S/c1-7(2)4-10(16(26)27)18-14(24)11(5-21)19-15(25)12(8(3)22)20-13(23)9(17)6-28/h7-12,21-22,28H,4-6,17H2,1-3H3,(H,18,24)(H,19,25)(H,20,23)(H,26,27). The lowest BCUT2D eigenvalue weighted by Crippen LogP contribution is -2.60. The Morgan fingerprint density at radius 2 is 1.50 bits per heavy atom. The molecular weight excluding hydrogens is 392 g/mol. The number of rotatable bonds is 12. The van der Waals surface area contributed by atoms with Crippen LogP contribution in [0.3, 0.4) is 0 Å². The summed E-state index contributed by atoms with van der Waals surface area (Å²) in [4.78, 5) is 47.7. The van der Waals surface area contributed by atoms with Crippen LogP contribution >= 0.6 is 12.6 Å². The van der Waals surface area contributed by atoms with E-state index in [4.69, 9.17) is 5.73 Å². The van der Waals surface area contributed by atoms with Crippen molar-refractivity contribution in [3.05, 3.63) is 0 Å². The minimum atomic E-state index is -1.47. The van der Waals surface area contributed by atoms with Crippen molar-refractivity contribution in [3.8, 4) is 0 Å². The van der Waals surface area contributed by atoms with Gasteiger partial charge in [0.1, 0.15) is 18.1 Å². The van der Waals surface area contributed by atoms with Gasteiger partial charge in [0.2, 0.25) is 17.7 Å². The highest BCUT2D eigenvalue weighted by molar-refractivity contribution is 7.80. The average molecular weight is 423 g/mol. The first-order chi connectivity index (χ1) is 12.9. The third-order valence-corrected chi connectivity index (χ3v) is 4.13. The number of amides is 3. The Morgan fingerprint density at radius 3 is 1.89 bits per heavy atom. The van der Waals surface area contributed by atoms with Crippen LogP contribution in [0.5, 0.6) is 0 Å². The van der Waals surface area contributed by atoms with Crippen molar-refractivity contribution in [2.45, 2.75) is 57.5 Å². The SMILES string of the molecule is CC(C)CC(NC(=O)C(CO)NC(=O)C(NC(=O)C(N)CS)C(C)O)C(=O)O. The Hall–Kier alpha value is -1.89. The van der Waals surface area contributed by atoms with Crippen LogP contribution in [-0.4, -0.2) is 81.6 Å². The summed E-state index contributed by atoms with van der Waals surface area (Å²) in [6.07, 6.45) is -1.17. The fraction of sp³-hybridized carbons (Fsp3) is 0.750. The second-order valence-corrected chi connectivity index (χ2v) is 7.15. The Morgan fingerprint density at radius 1 is 0.964 bits per heavy atom. The molecule has 0 aliphatic rings. The Bertz CT molecular complexity index is 559. The highest BCUT2D eigenvalue weighted by Crippen LogP contribution is 2.05. The maximum atomic E-state index is 12.3. The van der Waals surface area contributed by atoms with Crippen LogP contribution in [0.4, 0.5) is 0 Å². The van der Waals surface area contributed by atoms with Crippen molar-refractivity contribution in [1.82, 2.24) is 16.0 Å². The summed E-state index contributed by atoms with van der Waals surface area (Å²) in [6, 6.07) is -5.12. The predicted molar refractivity (Wildman–Crippen MR) is 103 cm³/mol. The van der Waals surface area contributed by atoms with Gasteiger partial charge < -0.3 is 37.0 Å². The summed E-state index contributed by atoms with van der Waals surface area (Å²) in [5.41, 5.74) is 5.50. The van der Waals surface area contributed by atoms with E-state index in [1.54, 1.807) is 13.8 Å². The molecule has 28 heavy (non-hydrogen) atoms. The zero-order chi connectivity index (χ0) is 22.0. The van der Waals surface area contributed by atoms with E-state index < -0.39 is 60.6 Å². The first-order valence-electron chi connectivity index (χ1n) is 8.73. The molecule has 0 aliphatic carbocycles. The van der Waals surface area contributed by atoms with Gasteiger partial charge in [-0.1, -0.05) is 13.8 Å². The van der Waals surface area contributed by atoms with Gasteiger partial charge in [-0.3, -0.25) is 14.4 Å². The number of thiol groups is 1. The van der Waals surface area contributed by atoms with Gasteiger partial charge in [0.05, 0.1) is 18.8 Å². The molecule has 0 spiro atoms. The van der Waals surface area contributed by atoms with Gasteiger partial charge in [0, 0.05) is 5.75 Å². The zero-order valence-corrected chi connectivity index (χ0v) is 17.0. The molecule has 3 amide bonds. The van der Waals surface area contributed by atoms with E-state index in [1.165, 1.54) is 6.92 Å². The second-order valence-electron chi connectivity index (χ2n) is 6.79. The minimum absolute atomic E-state index is 0.00802. The largest absolute Gasteiger partial charge is 0.480 e. The number of hydrogen-bond donors (Lipinski definition) is 8. The number of aliphatic hydroxyl groups is 2.